The SMILES string of the molecule is Cc1cccnc1CSc1nc2ccc(-n3cccc3)cc2[nH]1. The predicted octanol–water partition coefficient (Wildman–Crippen LogP) is 4.35. The number of aromatic amines is 1. The summed E-state index contributed by atoms with van der Waals surface area (Å²) in [6.07, 6.45) is 5.92. The molecule has 4 nitrogen and oxygen atoms in total. The Morgan fingerprint density at radius 2 is 2.00 bits per heavy atom. The van der Waals surface area contributed by atoms with Crippen LogP contribution in [0.2, 0.25) is 0 Å². The topological polar surface area (TPSA) is 46.5 Å². The molecule has 23 heavy (non-hydrogen) atoms. The summed E-state index contributed by atoms with van der Waals surface area (Å²) in [6.45, 7) is 2.09. The molecule has 0 amide bonds. The van der Waals surface area contributed by atoms with E-state index in [1.807, 2.05) is 36.8 Å². The van der Waals surface area contributed by atoms with Crippen molar-refractivity contribution in [2.24, 2.45) is 0 Å². The van der Waals surface area contributed by atoms with E-state index in [9.17, 15) is 0 Å². The Labute approximate surface area is 138 Å². The lowest BCUT2D eigenvalue weighted by Crippen LogP contribution is -1.90. The molecule has 0 saturated carbocycles. The Kier molecular flexibility index (Phi) is 3.63. The van der Waals surface area contributed by atoms with Crippen molar-refractivity contribution in [3.63, 3.8) is 0 Å². The lowest BCUT2D eigenvalue weighted by molar-refractivity contribution is 1.06. The van der Waals surface area contributed by atoms with Gasteiger partial charge >= 0.3 is 0 Å². The van der Waals surface area contributed by atoms with E-state index in [0.717, 1.165) is 33.3 Å². The monoisotopic (exact) mass is 320 g/mol. The van der Waals surface area contributed by atoms with Crippen molar-refractivity contribution >= 4 is 22.8 Å². The van der Waals surface area contributed by atoms with Crippen LogP contribution in [0.4, 0.5) is 0 Å². The van der Waals surface area contributed by atoms with Crippen molar-refractivity contribution in [3.05, 3.63) is 72.3 Å². The summed E-state index contributed by atoms with van der Waals surface area (Å²) in [5.41, 5.74) is 5.48. The third-order valence-corrected chi connectivity index (χ3v) is 4.69. The number of fused-ring (bicyclic) bond motifs is 1. The normalized spacial score (nSPS) is 11.2. The minimum atomic E-state index is 0.816. The van der Waals surface area contributed by atoms with E-state index >= 15 is 0 Å². The number of hydrogen-bond acceptors (Lipinski definition) is 3. The Hall–Kier alpha value is -2.53. The quantitative estimate of drug-likeness (QED) is 0.569. The fourth-order valence-electron chi connectivity index (χ4n) is 2.52. The minimum absolute atomic E-state index is 0.816. The molecule has 4 aromatic rings. The van der Waals surface area contributed by atoms with Gasteiger partial charge in [0.1, 0.15) is 0 Å². The first-order chi connectivity index (χ1) is 11.3. The average Bonchev–Trinajstić information content (AvgIpc) is 3.22. The maximum absolute atomic E-state index is 4.65. The lowest BCUT2D eigenvalue weighted by atomic mass is 10.2. The number of aromatic nitrogens is 4. The number of thioether (sulfide) groups is 1. The molecule has 114 valence electrons. The summed E-state index contributed by atoms with van der Waals surface area (Å²) in [5, 5.41) is 0.926. The van der Waals surface area contributed by atoms with Gasteiger partial charge in [0.2, 0.25) is 0 Å². The highest BCUT2D eigenvalue weighted by molar-refractivity contribution is 7.98. The van der Waals surface area contributed by atoms with Gasteiger partial charge in [-0.15, -0.1) is 0 Å². The molecule has 0 fully saturated rings. The number of hydrogen-bond donors (Lipinski definition) is 1. The first-order valence-electron chi connectivity index (χ1n) is 7.46. The van der Waals surface area contributed by atoms with Gasteiger partial charge in [-0.05, 0) is 48.9 Å². The van der Waals surface area contributed by atoms with Crippen molar-refractivity contribution in [1.29, 1.82) is 0 Å². The molecule has 3 heterocycles. The second kappa shape index (κ2) is 5.93. The third-order valence-electron chi connectivity index (χ3n) is 3.81. The van der Waals surface area contributed by atoms with E-state index in [1.54, 1.807) is 11.8 Å². The van der Waals surface area contributed by atoms with Crippen LogP contribution in [0.1, 0.15) is 11.3 Å². The molecular weight excluding hydrogens is 304 g/mol. The van der Waals surface area contributed by atoms with E-state index in [0.29, 0.717) is 0 Å². The van der Waals surface area contributed by atoms with E-state index in [1.165, 1.54) is 5.56 Å². The second-order valence-corrected chi connectivity index (χ2v) is 6.35. The highest BCUT2D eigenvalue weighted by Gasteiger charge is 2.07. The largest absolute Gasteiger partial charge is 0.333 e. The van der Waals surface area contributed by atoms with Crippen LogP contribution in [0.5, 0.6) is 0 Å². The Balaban J connectivity index is 1.58. The zero-order chi connectivity index (χ0) is 15.6. The zero-order valence-corrected chi connectivity index (χ0v) is 13.5. The van der Waals surface area contributed by atoms with E-state index in [2.05, 4.69) is 50.7 Å². The molecule has 0 unspecified atom stereocenters. The zero-order valence-electron chi connectivity index (χ0n) is 12.7. The number of benzene rings is 1. The smallest absolute Gasteiger partial charge is 0.166 e. The van der Waals surface area contributed by atoms with Crippen LogP contribution in [-0.4, -0.2) is 19.5 Å². The molecule has 1 N–H and O–H groups in total. The fraction of sp³-hybridized carbons (Fsp3) is 0.111. The Bertz CT molecular complexity index is 941. The average molecular weight is 320 g/mol. The summed E-state index contributed by atoms with van der Waals surface area (Å²) in [5.74, 6) is 0.816. The molecule has 0 bridgehead atoms. The van der Waals surface area contributed by atoms with E-state index in [-0.39, 0.29) is 0 Å². The van der Waals surface area contributed by atoms with Crippen LogP contribution in [-0.2, 0) is 5.75 Å². The minimum Gasteiger partial charge on any atom is -0.333 e. The Morgan fingerprint density at radius 3 is 2.83 bits per heavy atom. The molecule has 0 aliphatic rings. The number of nitrogens with zero attached hydrogens (tertiary/aromatic N) is 3. The molecule has 0 aliphatic carbocycles. The number of pyridine rings is 1. The molecule has 0 atom stereocenters. The first kappa shape index (κ1) is 14.1. The number of nitrogens with one attached hydrogen (secondary N) is 1. The van der Waals surface area contributed by atoms with E-state index in [4.69, 9.17) is 0 Å². The molecule has 1 aromatic carbocycles. The van der Waals surface area contributed by atoms with Gasteiger partial charge in [0.25, 0.3) is 0 Å². The summed E-state index contributed by atoms with van der Waals surface area (Å²) >= 11 is 1.68. The van der Waals surface area contributed by atoms with Crippen LogP contribution in [0, 0.1) is 6.92 Å². The molecule has 4 rings (SSSR count). The van der Waals surface area contributed by atoms with Crippen LogP contribution in [0.15, 0.2) is 66.2 Å². The summed E-state index contributed by atoms with van der Waals surface area (Å²) in [6, 6.07) is 14.4. The van der Waals surface area contributed by atoms with Crippen molar-refractivity contribution in [1.82, 2.24) is 19.5 Å². The molecule has 0 spiro atoms. The summed E-state index contributed by atoms with van der Waals surface area (Å²) in [4.78, 5) is 12.5. The highest BCUT2D eigenvalue weighted by atomic mass is 32.2. The van der Waals surface area contributed by atoms with Gasteiger partial charge in [-0.2, -0.15) is 0 Å². The van der Waals surface area contributed by atoms with Gasteiger partial charge in [0.05, 0.1) is 16.7 Å². The molecule has 0 radical (unpaired) electrons. The van der Waals surface area contributed by atoms with Crippen LogP contribution < -0.4 is 0 Å². The second-order valence-electron chi connectivity index (χ2n) is 5.39. The number of imidazole rings is 1. The van der Waals surface area contributed by atoms with Crippen LogP contribution in [0.3, 0.4) is 0 Å². The van der Waals surface area contributed by atoms with Crippen molar-refractivity contribution in [2.45, 2.75) is 17.8 Å². The molecule has 3 aromatic heterocycles. The number of aryl methyl sites for hydroxylation is 1. The number of H-pyrrole nitrogens is 1. The maximum Gasteiger partial charge on any atom is 0.166 e. The molecule has 0 saturated heterocycles. The molecular formula is C18H16N4S. The van der Waals surface area contributed by atoms with Crippen molar-refractivity contribution in [3.8, 4) is 5.69 Å². The highest BCUT2D eigenvalue weighted by Crippen LogP contribution is 2.24. The molecule has 5 heteroatoms. The van der Waals surface area contributed by atoms with Gasteiger partial charge in [-0.1, -0.05) is 17.8 Å². The van der Waals surface area contributed by atoms with Gasteiger partial charge in [-0.25, -0.2) is 4.98 Å². The van der Waals surface area contributed by atoms with Gasteiger partial charge in [-0.3, -0.25) is 4.98 Å². The van der Waals surface area contributed by atoms with E-state index < -0.39 is 0 Å². The van der Waals surface area contributed by atoms with Crippen LogP contribution in [0.25, 0.3) is 16.7 Å². The molecule has 0 aliphatic heterocycles. The number of rotatable bonds is 4. The predicted molar refractivity (Wildman–Crippen MR) is 94.0 cm³/mol. The fourth-order valence-corrected chi connectivity index (χ4v) is 3.44. The third kappa shape index (κ3) is 2.87. The first-order valence-corrected chi connectivity index (χ1v) is 8.44. The van der Waals surface area contributed by atoms with Gasteiger partial charge in [0, 0.05) is 30.0 Å². The summed E-state index contributed by atoms with van der Waals surface area (Å²) < 4.78 is 2.09. The Morgan fingerprint density at radius 1 is 1.13 bits per heavy atom. The van der Waals surface area contributed by atoms with Gasteiger partial charge < -0.3 is 9.55 Å². The standard InChI is InChI=1S/C18H16N4S/c1-13-5-4-8-19-17(13)12-23-18-20-15-7-6-14(11-16(15)21-18)22-9-2-3-10-22/h2-11H,12H2,1H3,(H,20,21). The van der Waals surface area contributed by atoms with Crippen LogP contribution >= 0.6 is 11.8 Å². The van der Waals surface area contributed by atoms with Crippen molar-refractivity contribution < 1.29 is 0 Å². The van der Waals surface area contributed by atoms with Gasteiger partial charge in [0.15, 0.2) is 5.16 Å². The maximum atomic E-state index is 4.65. The lowest BCUT2D eigenvalue weighted by Gasteiger charge is -2.02. The summed E-state index contributed by atoms with van der Waals surface area (Å²) in [7, 11) is 0. The van der Waals surface area contributed by atoms with Crippen molar-refractivity contribution in [2.75, 3.05) is 0 Å².